The Hall–Kier alpha value is -3.18. The Balaban J connectivity index is 1.84. The van der Waals surface area contributed by atoms with Gasteiger partial charge in [-0.15, -0.1) is 0 Å². The molecule has 142 valence electrons. The summed E-state index contributed by atoms with van der Waals surface area (Å²) in [6.07, 6.45) is 1.76. The van der Waals surface area contributed by atoms with Crippen LogP contribution in [0, 0.1) is 6.92 Å². The number of esters is 1. The highest BCUT2D eigenvalue weighted by molar-refractivity contribution is 6.31. The topological polar surface area (TPSA) is 61.2 Å². The van der Waals surface area contributed by atoms with Crippen molar-refractivity contribution in [2.24, 2.45) is 7.05 Å². The van der Waals surface area contributed by atoms with Crippen LogP contribution in [0.4, 0.5) is 0 Å². The molecule has 5 nitrogen and oxygen atoms in total. The zero-order valence-corrected chi connectivity index (χ0v) is 16.3. The highest BCUT2D eigenvalue weighted by Gasteiger charge is 2.25. The molecule has 0 fully saturated rings. The third kappa shape index (κ3) is 4.38. The van der Waals surface area contributed by atoms with E-state index >= 15 is 0 Å². The first-order valence-corrected chi connectivity index (χ1v) is 9.07. The number of halogens is 1. The van der Waals surface area contributed by atoms with Gasteiger partial charge >= 0.3 is 5.97 Å². The zero-order valence-electron chi connectivity index (χ0n) is 15.5. The number of ketones is 1. The Morgan fingerprint density at radius 3 is 2.25 bits per heavy atom. The predicted octanol–water partition coefficient (Wildman–Crippen LogP) is 4.56. The molecule has 0 aliphatic heterocycles. The highest BCUT2D eigenvalue weighted by Crippen LogP contribution is 2.24. The van der Waals surface area contributed by atoms with E-state index in [4.69, 9.17) is 16.3 Å². The summed E-state index contributed by atoms with van der Waals surface area (Å²) in [5.74, 6) is -0.929. The average Bonchev–Trinajstić information content (AvgIpc) is 2.96. The number of rotatable bonds is 6. The smallest absolute Gasteiger partial charge is 0.331 e. The minimum atomic E-state index is -1.04. The van der Waals surface area contributed by atoms with Crippen molar-refractivity contribution in [1.82, 2.24) is 9.78 Å². The molecule has 0 saturated carbocycles. The van der Waals surface area contributed by atoms with Crippen molar-refractivity contribution >= 4 is 29.4 Å². The van der Waals surface area contributed by atoms with Crippen molar-refractivity contribution in [3.8, 4) is 0 Å². The van der Waals surface area contributed by atoms with E-state index in [1.165, 1.54) is 10.8 Å². The first-order valence-electron chi connectivity index (χ1n) is 8.69. The summed E-state index contributed by atoms with van der Waals surface area (Å²) in [6, 6.07) is 17.7. The summed E-state index contributed by atoms with van der Waals surface area (Å²) in [6.45, 7) is 1.79. The lowest BCUT2D eigenvalue weighted by Crippen LogP contribution is -2.19. The fourth-order valence-electron chi connectivity index (χ4n) is 2.80. The molecular formula is C22H19ClN2O3. The quantitative estimate of drug-likeness (QED) is 0.349. The third-order valence-electron chi connectivity index (χ3n) is 4.22. The van der Waals surface area contributed by atoms with Crippen LogP contribution < -0.4 is 0 Å². The van der Waals surface area contributed by atoms with Crippen molar-refractivity contribution in [3.05, 3.63) is 94.3 Å². The van der Waals surface area contributed by atoms with Crippen molar-refractivity contribution in [2.45, 2.75) is 13.0 Å². The lowest BCUT2D eigenvalue weighted by Gasteiger charge is -2.16. The van der Waals surface area contributed by atoms with Gasteiger partial charge in [0.05, 0.1) is 5.69 Å². The number of aryl methyl sites for hydroxylation is 2. The van der Waals surface area contributed by atoms with Crippen LogP contribution in [0.5, 0.6) is 0 Å². The number of Topliss-reactive ketones (excluding diaryl/α,β-unsaturated/α-hetero) is 1. The first kappa shape index (κ1) is 19.6. The number of hydrogen-bond acceptors (Lipinski definition) is 4. The first-order chi connectivity index (χ1) is 13.5. The van der Waals surface area contributed by atoms with Gasteiger partial charge in [0.2, 0.25) is 5.78 Å². The number of carbonyl (C=O) groups is 2. The number of ether oxygens (including phenoxy) is 1. The van der Waals surface area contributed by atoms with E-state index in [-0.39, 0.29) is 5.78 Å². The normalized spacial score (nSPS) is 12.1. The number of carbonyl (C=O) groups excluding carboxylic acids is 2. The van der Waals surface area contributed by atoms with Crippen LogP contribution in [-0.2, 0) is 16.6 Å². The van der Waals surface area contributed by atoms with E-state index in [0.29, 0.717) is 27.5 Å². The largest absolute Gasteiger partial charge is 0.446 e. The van der Waals surface area contributed by atoms with Gasteiger partial charge in [-0.25, -0.2) is 4.79 Å². The molecule has 0 aliphatic rings. The Morgan fingerprint density at radius 1 is 1.07 bits per heavy atom. The molecule has 0 spiro atoms. The van der Waals surface area contributed by atoms with Crippen molar-refractivity contribution in [2.75, 3.05) is 0 Å². The Labute approximate surface area is 168 Å². The number of benzene rings is 2. The molecule has 0 saturated heterocycles. The standard InChI is InChI=1S/C22H19ClN2O3/c1-15-18(22(23)25(2)24-15)13-14-19(26)28-21(17-11-7-4-8-12-17)20(27)16-9-5-3-6-10-16/h3-14,21H,1-2H3/b14-13+. The van der Waals surface area contributed by atoms with Crippen LogP contribution >= 0.6 is 11.6 Å². The molecule has 0 N–H and O–H groups in total. The Morgan fingerprint density at radius 2 is 1.68 bits per heavy atom. The van der Waals surface area contributed by atoms with Crippen LogP contribution in [0.25, 0.3) is 6.08 Å². The second-order valence-electron chi connectivity index (χ2n) is 6.20. The van der Waals surface area contributed by atoms with Crippen molar-refractivity contribution < 1.29 is 14.3 Å². The molecule has 1 atom stereocenters. The van der Waals surface area contributed by atoms with Crippen molar-refractivity contribution in [3.63, 3.8) is 0 Å². The molecule has 0 bridgehead atoms. The second kappa shape index (κ2) is 8.67. The lowest BCUT2D eigenvalue weighted by molar-refractivity contribution is -0.141. The summed E-state index contributed by atoms with van der Waals surface area (Å²) in [7, 11) is 1.72. The van der Waals surface area contributed by atoms with Crippen LogP contribution in [0.2, 0.25) is 5.15 Å². The maximum atomic E-state index is 12.9. The highest BCUT2D eigenvalue weighted by atomic mass is 35.5. The predicted molar refractivity (Wildman–Crippen MR) is 108 cm³/mol. The van der Waals surface area contributed by atoms with Crippen LogP contribution in [0.1, 0.15) is 33.3 Å². The van der Waals surface area contributed by atoms with Gasteiger partial charge in [0.25, 0.3) is 0 Å². The fraction of sp³-hybridized carbons (Fsp3) is 0.136. The minimum Gasteiger partial charge on any atom is -0.446 e. The number of hydrogen-bond donors (Lipinski definition) is 0. The summed E-state index contributed by atoms with van der Waals surface area (Å²) in [5.41, 5.74) is 2.40. The molecule has 1 aromatic heterocycles. The van der Waals surface area contributed by atoms with Gasteiger partial charge in [-0.05, 0) is 13.0 Å². The molecule has 0 aliphatic carbocycles. The van der Waals surface area contributed by atoms with Crippen LogP contribution in [0.3, 0.4) is 0 Å². The lowest BCUT2D eigenvalue weighted by atomic mass is 10.00. The molecule has 28 heavy (non-hydrogen) atoms. The summed E-state index contributed by atoms with van der Waals surface area (Å²) in [4.78, 5) is 25.4. The van der Waals surface area contributed by atoms with E-state index in [9.17, 15) is 9.59 Å². The monoisotopic (exact) mass is 394 g/mol. The molecule has 1 unspecified atom stereocenters. The Bertz CT molecular complexity index is 1010. The van der Waals surface area contributed by atoms with Gasteiger partial charge in [0, 0.05) is 29.8 Å². The van der Waals surface area contributed by atoms with E-state index in [0.717, 1.165) is 0 Å². The molecule has 2 aromatic carbocycles. The molecule has 0 amide bonds. The number of nitrogens with zero attached hydrogens (tertiary/aromatic N) is 2. The van der Waals surface area contributed by atoms with Crippen LogP contribution in [0.15, 0.2) is 66.7 Å². The van der Waals surface area contributed by atoms with Gasteiger partial charge in [-0.2, -0.15) is 5.10 Å². The van der Waals surface area contributed by atoms with Gasteiger partial charge < -0.3 is 4.74 Å². The minimum absolute atomic E-state index is 0.288. The van der Waals surface area contributed by atoms with Crippen molar-refractivity contribution in [1.29, 1.82) is 0 Å². The zero-order chi connectivity index (χ0) is 20.1. The van der Waals surface area contributed by atoms with E-state index in [1.54, 1.807) is 68.6 Å². The van der Waals surface area contributed by atoms with Gasteiger partial charge in [0.15, 0.2) is 6.10 Å². The fourth-order valence-corrected chi connectivity index (χ4v) is 3.03. The molecule has 0 radical (unpaired) electrons. The maximum Gasteiger partial charge on any atom is 0.331 e. The van der Waals surface area contributed by atoms with E-state index < -0.39 is 12.1 Å². The molecule has 1 heterocycles. The van der Waals surface area contributed by atoms with Gasteiger partial charge in [0.1, 0.15) is 5.15 Å². The van der Waals surface area contributed by atoms with Crippen LogP contribution in [-0.4, -0.2) is 21.5 Å². The summed E-state index contributed by atoms with van der Waals surface area (Å²) >= 11 is 6.17. The number of aromatic nitrogens is 2. The van der Waals surface area contributed by atoms with E-state index in [2.05, 4.69) is 5.10 Å². The van der Waals surface area contributed by atoms with Gasteiger partial charge in [-0.1, -0.05) is 72.3 Å². The van der Waals surface area contributed by atoms with Gasteiger partial charge in [-0.3, -0.25) is 9.48 Å². The SMILES string of the molecule is Cc1nn(C)c(Cl)c1/C=C/C(=O)OC(C(=O)c1ccccc1)c1ccccc1. The average molecular weight is 395 g/mol. The summed E-state index contributed by atoms with van der Waals surface area (Å²) in [5, 5.41) is 4.61. The maximum absolute atomic E-state index is 12.9. The Kier molecular flexibility index (Phi) is 6.06. The third-order valence-corrected chi connectivity index (χ3v) is 4.66. The molecule has 3 rings (SSSR count). The van der Waals surface area contributed by atoms with E-state index in [1.807, 2.05) is 12.1 Å². The molecule has 3 aromatic rings. The summed E-state index contributed by atoms with van der Waals surface area (Å²) < 4.78 is 7.04. The molecule has 6 heteroatoms. The second-order valence-corrected chi connectivity index (χ2v) is 6.56. The molecular weight excluding hydrogens is 376 g/mol.